The molecule has 1 saturated heterocycles. The molecule has 68 valence electrons. The minimum atomic E-state index is 0.786. The molecule has 1 heterocycles. The normalized spacial score (nSPS) is 23.7. The maximum Gasteiger partial charge on any atom is 0.00387 e. The van der Waals surface area contributed by atoms with Gasteiger partial charge in [0, 0.05) is 6.04 Å². The summed E-state index contributed by atoms with van der Waals surface area (Å²) >= 11 is 0. The molecule has 2 nitrogen and oxygen atoms in total. The molecule has 1 aliphatic rings. The summed E-state index contributed by atoms with van der Waals surface area (Å²) in [7, 11) is 0. The summed E-state index contributed by atoms with van der Waals surface area (Å²) < 4.78 is 0. The van der Waals surface area contributed by atoms with Crippen molar-refractivity contribution in [2.45, 2.75) is 45.6 Å². The van der Waals surface area contributed by atoms with Gasteiger partial charge in [-0.2, -0.15) is 0 Å². The summed E-state index contributed by atoms with van der Waals surface area (Å²) in [4.78, 5) is 0. The minimum Gasteiger partial charge on any atom is -0.330 e. The first-order valence-electron chi connectivity index (χ1n) is 4.74. The number of nitrogens with one attached hydrogen (secondary N) is 1. The minimum absolute atomic E-state index is 0.786. The molecule has 1 fully saturated rings. The Morgan fingerprint density at radius 1 is 1.45 bits per heavy atom. The van der Waals surface area contributed by atoms with E-state index in [9.17, 15) is 0 Å². The van der Waals surface area contributed by atoms with Crippen molar-refractivity contribution in [2.75, 3.05) is 13.1 Å². The van der Waals surface area contributed by atoms with Crippen molar-refractivity contribution >= 4 is 0 Å². The van der Waals surface area contributed by atoms with Crippen LogP contribution in [0.15, 0.2) is 0 Å². The Balaban J connectivity index is 0.000000218. The topological polar surface area (TPSA) is 38.0 Å². The molecule has 0 saturated carbocycles. The molecule has 0 aromatic heterocycles. The summed E-state index contributed by atoms with van der Waals surface area (Å²) in [6.07, 6.45) is 5.28. The molecule has 11 heavy (non-hydrogen) atoms. The summed E-state index contributed by atoms with van der Waals surface area (Å²) in [6.45, 7) is 6.36. The highest BCUT2D eigenvalue weighted by molar-refractivity contribution is 4.65. The number of rotatable bonds is 1. The Kier molecular flexibility index (Phi) is 7.96. The molecule has 0 bridgehead atoms. The molecule has 1 atom stereocenters. The Morgan fingerprint density at radius 2 is 2.09 bits per heavy atom. The second-order valence-corrected chi connectivity index (χ2v) is 3.14. The third-order valence-corrected chi connectivity index (χ3v) is 1.85. The average molecular weight is 158 g/mol. The van der Waals surface area contributed by atoms with Crippen molar-refractivity contribution < 1.29 is 0 Å². The Bertz CT molecular complexity index is 66.0. The van der Waals surface area contributed by atoms with Gasteiger partial charge in [-0.3, -0.25) is 0 Å². The first-order chi connectivity index (χ1) is 5.31. The molecule has 0 aliphatic carbocycles. The van der Waals surface area contributed by atoms with Gasteiger partial charge in [0.15, 0.2) is 0 Å². The molecular weight excluding hydrogens is 136 g/mol. The molecule has 3 N–H and O–H groups in total. The Morgan fingerprint density at radius 3 is 2.27 bits per heavy atom. The van der Waals surface area contributed by atoms with Crippen LogP contribution in [0.4, 0.5) is 0 Å². The molecule has 0 radical (unpaired) electrons. The quantitative estimate of drug-likeness (QED) is 0.607. The van der Waals surface area contributed by atoms with E-state index in [2.05, 4.69) is 19.2 Å². The van der Waals surface area contributed by atoms with Gasteiger partial charge >= 0.3 is 0 Å². The fourth-order valence-corrected chi connectivity index (χ4v) is 1.03. The van der Waals surface area contributed by atoms with Gasteiger partial charge in [-0.15, -0.1) is 0 Å². The van der Waals surface area contributed by atoms with Crippen LogP contribution < -0.4 is 11.1 Å². The highest BCUT2D eigenvalue weighted by Gasteiger charge is 2.04. The fourth-order valence-electron chi connectivity index (χ4n) is 1.03. The van der Waals surface area contributed by atoms with Crippen molar-refractivity contribution in [3.63, 3.8) is 0 Å². The number of nitrogens with two attached hydrogens (primary N) is 1. The van der Waals surface area contributed by atoms with Crippen LogP contribution in [0.1, 0.15) is 39.5 Å². The van der Waals surface area contributed by atoms with Gasteiger partial charge in [-0.25, -0.2) is 0 Å². The second kappa shape index (κ2) is 8.02. The summed E-state index contributed by atoms with van der Waals surface area (Å²) in [5.41, 5.74) is 5.03. The van der Waals surface area contributed by atoms with E-state index in [1.807, 2.05) is 0 Å². The smallest absolute Gasteiger partial charge is 0.00387 e. The van der Waals surface area contributed by atoms with Gasteiger partial charge in [0.1, 0.15) is 0 Å². The van der Waals surface area contributed by atoms with E-state index in [1.54, 1.807) is 0 Å². The summed E-state index contributed by atoms with van der Waals surface area (Å²) in [6, 6.07) is 0.786. The molecule has 0 amide bonds. The maximum atomic E-state index is 5.03. The zero-order valence-electron chi connectivity index (χ0n) is 7.90. The number of hydrogen-bond donors (Lipinski definition) is 2. The lowest BCUT2D eigenvalue weighted by Crippen LogP contribution is -2.30. The lowest BCUT2D eigenvalue weighted by Gasteiger charge is -2.18. The van der Waals surface area contributed by atoms with Crippen molar-refractivity contribution in [3.05, 3.63) is 0 Å². The molecule has 0 aromatic rings. The average Bonchev–Trinajstić information content (AvgIpc) is 2.07. The lowest BCUT2D eigenvalue weighted by atomic mass is 10.1. The highest BCUT2D eigenvalue weighted by Crippen LogP contribution is 2.04. The van der Waals surface area contributed by atoms with Gasteiger partial charge in [-0.05, 0) is 39.3 Å². The second-order valence-electron chi connectivity index (χ2n) is 3.14. The fraction of sp³-hybridized carbons (Fsp3) is 1.00. The summed E-state index contributed by atoms with van der Waals surface area (Å²) in [5, 5.41) is 3.38. The van der Waals surface area contributed by atoms with Gasteiger partial charge in [-0.1, -0.05) is 13.3 Å². The largest absolute Gasteiger partial charge is 0.330 e. The maximum absolute atomic E-state index is 5.03. The van der Waals surface area contributed by atoms with E-state index in [4.69, 9.17) is 5.73 Å². The SMILES string of the molecule is CC1CCCCN1.CCCN. The molecule has 1 unspecified atom stereocenters. The standard InChI is InChI=1S/C6H13N.C3H9N/c1-6-4-2-3-5-7-6;1-2-3-4/h6-7H,2-5H2,1H3;2-4H2,1H3. The van der Waals surface area contributed by atoms with Gasteiger partial charge in [0.05, 0.1) is 0 Å². The number of hydrogen-bond acceptors (Lipinski definition) is 2. The van der Waals surface area contributed by atoms with Crippen LogP contribution in [0, 0.1) is 0 Å². The molecule has 0 aromatic carbocycles. The predicted molar refractivity (Wildman–Crippen MR) is 50.7 cm³/mol. The van der Waals surface area contributed by atoms with E-state index in [-0.39, 0.29) is 0 Å². The van der Waals surface area contributed by atoms with E-state index in [0.717, 1.165) is 19.0 Å². The van der Waals surface area contributed by atoms with E-state index < -0.39 is 0 Å². The molecule has 2 heteroatoms. The zero-order chi connectivity index (χ0) is 8.53. The third-order valence-electron chi connectivity index (χ3n) is 1.85. The van der Waals surface area contributed by atoms with Crippen LogP contribution >= 0.6 is 0 Å². The number of piperidine rings is 1. The van der Waals surface area contributed by atoms with Crippen molar-refractivity contribution in [3.8, 4) is 0 Å². The van der Waals surface area contributed by atoms with E-state index >= 15 is 0 Å². The van der Waals surface area contributed by atoms with E-state index in [0.29, 0.717) is 0 Å². The van der Waals surface area contributed by atoms with E-state index in [1.165, 1.54) is 25.8 Å². The Hall–Kier alpha value is -0.0800. The van der Waals surface area contributed by atoms with Crippen LogP contribution in [-0.4, -0.2) is 19.1 Å². The predicted octanol–water partition coefficient (Wildman–Crippen LogP) is 1.50. The van der Waals surface area contributed by atoms with Crippen molar-refractivity contribution in [2.24, 2.45) is 5.73 Å². The molecular formula is C9H22N2. The first-order valence-corrected chi connectivity index (χ1v) is 4.74. The highest BCUT2D eigenvalue weighted by atomic mass is 14.9. The van der Waals surface area contributed by atoms with Crippen LogP contribution in [0.2, 0.25) is 0 Å². The van der Waals surface area contributed by atoms with Crippen LogP contribution in [-0.2, 0) is 0 Å². The monoisotopic (exact) mass is 158 g/mol. The third kappa shape index (κ3) is 7.82. The summed E-state index contributed by atoms with van der Waals surface area (Å²) in [5.74, 6) is 0. The van der Waals surface area contributed by atoms with Gasteiger partial charge < -0.3 is 11.1 Å². The van der Waals surface area contributed by atoms with Crippen LogP contribution in [0.5, 0.6) is 0 Å². The first kappa shape index (κ1) is 10.9. The van der Waals surface area contributed by atoms with Crippen molar-refractivity contribution in [1.82, 2.24) is 5.32 Å². The molecule has 1 aliphatic heterocycles. The lowest BCUT2D eigenvalue weighted by molar-refractivity contribution is 0.425. The van der Waals surface area contributed by atoms with Crippen molar-refractivity contribution in [1.29, 1.82) is 0 Å². The van der Waals surface area contributed by atoms with Gasteiger partial charge in [0.25, 0.3) is 0 Å². The van der Waals surface area contributed by atoms with Gasteiger partial charge in [0.2, 0.25) is 0 Å². The molecule has 1 rings (SSSR count). The molecule has 0 spiro atoms. The van der Waals surface area contributed by atoms with Crippen LogP contribution in [0.25, 0.3) is 0 Å². The zero-order valence-corrected chi connectivity index (χ0v) is 7.90. The Labute approximate surface area is 70.5 Å². The van der Waals surface area contributed by atoms with Crippen LogP contribution in [0.3, 0.4) is 0 Å².